The lowest BCUT2D eigenvalue weighted by Gasteiger charge is -2.19. The highest BCUT2D eigenvalue weighted by atomic mass is 16.5. The Hall–Kier alpha value is -2.00. The Balaban J connectivity index is 1.75. The van der Waals surface area contributed by atoms with E-state index in [9.17, 15) is 5.11 Å². The Labute approximate surface area is 119 Å². The fraction of sp³-hybridized carbons (Fsp3) is 0.294. The van der Waals surface area contributed by atoms with E-state index in [4.69, 9.17) is 4.74 Å². The van der Waals surface area contributed by atoms with Crippen molar-refractivity contribution in [3.8, 4) is 11.5 Å². The number of aromatic hydroxyl groups is 1. The fourth-order valence-corrected chi connectivity index (χ4v) is 2.59. The van der Waals surface area contributed by atoms with Gasteiger partial charge in [0.2, 0.25) is 0 Å². The van der Waals surface area contributed by atoms with Crippen LogP contribution in [0.1, 0.15) is 35.7 Å². The minimum atomic E-state index is 0.168. The topological polar surface area (TPSA) is 41.5 Å². The molecule has 104 valence electrons. The number of ether oxygens (including phenoxy) is 1. The summed E-state index contributed by atoms with van der Waals surface area (Å²) >= 11 is 0. The lowest BCUT2D eigenvalue weighted by Crippen LogP contribution is -2.25. The van der Waals surface area contributed by atoms with Gasteiger partial charge in [-0.1, -0.05) is 29.8 Å². The average molecular weight is 269 g/mol. The molecule has 3 nitrogen and oxygen atoms in total. The monoisotopic (exact) mass is 269 g/mol. The average Bonchev–Trinajstić information content (AvgIpc) is 2.81. The summed E-state index contributed by atoms with van der Waals surface area (Å²) in [6, 6.07) is 14.3. The number of aryl methyl sites for hydroxylation is 1. The van der Waals surface area contributed by atoms with E-state index in [0.717, 1.165) is 11.3 Å². The Kier molecular flexibility index (Phi) is 3.36. The van der Waals surface area contributed by atoms with E-state index in [-0.39, 0.29) is 17.8 Å². The maximum absolute atomic E-state index is 9.47. The van der Waals surface area contributed by atoms with Crippen LogP contribution in [-0.2, 0) is 0 Å². The van der Waals surface area contributed by atoms with E-state index in [1.54, 1.807) is 12.1 Å². The van der Waals surface area contributed by atoms with E-state index < -0.39 is 0 Å². The maximum Gasteiger partial charge on any atom is 0.127 e. The SMILES string of the molecule is Cc1ccc(C(C)NC2COc3cc(O)ccc32)cc1. The van der Waals surface area contributed by atoms with Gasteiger partial charge in [-0.05, 0) is 31.5 Å². The first-order chi connectivity index (χ1) is 9.63. The van der Waals surface area contributed by atoms with Gasteiger partial charge >= 0.3 is 0 Å². The first-order valence-corrected chi connectivity index (χ1v) is 6.92. The standard InChI is InChI=1S/C17H19NO2/c1-11-3-5-13(6-4-11)12(2)18-16-10-20-17-9-14(19)7-8-15(16)17/h3-9,12,16,18-19H,10H2,1-2H3. The van der Waals surface area contributed by atoms with Gasteiger partial charge in [-0.2, -0.15) is 0 Å². The Bertz CT molecular complexity index is 607. The van der Waals surface area contributed by atoms with Crippen molar-refractivity contribution in [1.82, 2.24) is 5.32 Å². The first-order valence-electron chi connectivity index (χ1n) is 6.92. The summed E-state index contributed by atoms with van der Waals surface area (Å²) in [7, 11) is 0. The lowest BCUT2D eigenvalue weighted by atomic mass is 10.0. The highest BCUT2D eigenvalue weighted by Crippen LogP contribution is 2.36. The summed E-state index contributed by atoms with van der Waals surface area (Å²) in [5.74, 6) is 1.02. The smallest absolute Gasteiger partial charge is 0.127 e. The molecule has 2 atom stereocenters. The van der Waals surface area contributed by atoms with Crippen LogP contribution in [0.4, 0.5) is 0 Å². The number of hydrogen-bond acceptors (Lipinski definition) is 3. The number of rotatable bonds is 3. The number of fused-ring (bicyclic) bond motifs is 1. The molecule has 0 bridgehead atoms. The normalized spacial score (nSPS) is 18.4. The third-order valence-electron chi connectivity index (χ3n) is 3.81. The van der Waals surface area contributed by atoms with Gasteiger partial charge in [-0.15, -0.1) is 0 Å². The molecule has 3 heteroatoms. The molecule has 0 spiro atoms. The van der Waals surface area contributed by atoms with Crippen LogP contribution in [-0.4, -0.2) is 11.7 Å². The summed E-state index contributed by atoms with van der Waals surface area (Å²) in [4.78, 5) is 0. The molecule has 0 amide bonds. The molecule has 2 unspecified atom stereocenters. The van der Waals surface area contributed by atoms with Crippen molar-refractivity contribution < 1.29 is 9.84 Å². The summed E-state index contributed by atoms with van der Waals surface area (Å²) in [6.45, 7) is 4.85. The first kappa shape index (κ1) is 13.0. The van der Waals surface area contributed by atoms with E-state index in [2.05, 4.69) is 43.4 Å². The largest absolute Gasteiger partial charge is 0.508 e. The van der Waals surface area contributed by atoms with Crippen LogP contribution in [0.3, 0.4) is 0 Å². The Morgan fingerprint density at radius 3 is 2.70 bits per heavy atom. The van der Waals surface area contributed by atoms with Crippen molar-refractivity contribution in [2.45, 2.75) is 25.9 Å². The number of benzene rings is 2. The van der Waals surface area contributed by atoms with Crippen molar-refractivity contribution in [1.29, 1.82) is 0 Å². The molecule has 0 radical (unpaired) electrons. The highest BCUT2D eigenvalue weighted by molar-refractivity contribution is 5.44. The van der Waals surface area contributed by atoms with E-state index in [1.807, 2.05) is 6.07 Å². The van der Waals surface area contributed by atoms with Gasteiger partial charge in [0.25, 0.3) is 0 Å². The van der Waals surface area contributed by atoms with Crippen molar-refractivity contribution >= 4 is 0 Å². The molecule has 2 aromatic rings. The van der Waals surface area contributed by atoms with Gasteiger partial charge in [0.15, 0.2) is 0 Å². The van der Waals surface area contributed by atoms with Crippen LogP contribution in [0, 0.1) is 6.92 Å². The second kappa shape index (κ2) is 5.17. The van der Waals surface area contributed by atoms with Crippen LogP contribution in [0.15, 0.2) is 42.5 Å². The van der Waals surface area contributed by atoms with Crippen LogP contribution in [0.25, 0.3) is 0 Å². The molecule has 20 heavy (non-hydrogen) atoms. The summed E-state index contributed by atoms with van der Waals surface area (Å²) in [5.41, 5.74) is 3.65. The fourth-order valence-electron chi connectivity index (χ4n) is 2.59. The number of hydrogen-bond donors (Lipinski definition) is 2. The molecule has 0 saturated carbocycles. The zero-order valence-electron chi connectivity index (χ0n) is 11.8. The summed E-state index contributed by atoms with van der Waals surface area (Å²) < 4.78 is 5.63. The zero-order valence-corrected chi connectivity index (χ0v) is 11.8. The van der Waals surface area contributed by atoms with Crippen LogP contribution >= 0.6 is 0 Å². The molecule has 0 aliphatic carbocycles. The third-order valence-corrected chi connectivity index (χ3v) is 3.81. The second-order valence-electron chi connectivity index (χ2n) is 5.38. The van der Waals surface area contributed by atoms with Gasteiger partial charge in [-0.3, -0.25) is 0 Å². The van der Waals surface area contributed by atoms with Gasteiger partial charge in [-0.25, -0.2) is 0 Å². The van der Waals surface area contributed by atoms with Crippen molar-refractivity contribution in [3.63, 3.8) is 0 Å². The molecular formula is C17H19NO2. The van der Waals surface area contributed by atoms with Crippen LogP contribution < -0.4 is 10.1 Å². The summed E-state index contributed by atoms with van der Waals surface area (Å²) in [5, 5.41) is 13.1. The number of nitrogens with one attached hydrogen (secondary N) is 1. The molecule has 0 fully saturated rings. The van der Waals surface area contributed by atoms with Gasteiger partial charge in [0.1, 0.15) is 18.1 Å². The molecule has 1 aliphatic heterocycles. The number of phenols is 1. The van der Waals surface area contributed by atoms with Gasteiger partial charge in [0, 0.05) is 17.7 Å². The van der Waals surface area contributed by atoms with E-state index in [0.29, 0.717) is 6.61 Å². The number of phenolic OH excluding ortho intramolecular Hbond substituents is 1. The Morgan fingerprint density at radius 1 is 1.20 bits per heavy atom. The molecule has 1 aliphatic rings. The Morgan fingerprint density at radius 2 is 1.95 bits per heavy atom. The van der Waals surface area contributed by atoms with Gasteiger partial charge in [0.05, 0.1) is 6.04 Å². The third kappa shape index (κ3) is 2.49. The van der Waals surface area contributed by atoms with Crippen molar-refractivity contribution in [3.05, 3.63) is 59.2 Å². The molecule has 2 N–H and O–H groups in total. The predicted octanol–water partition coefficient (Wildman–Crippen LogP) is 3.48. The van der Waals surface area contributed by atoms with Gasteiger partial charge < -0.3 is 15.2 Å². The molecular weight excluding hydrogens is 250 g/mol. The molecule has 2 aromatic carbocycles. The highest BCUT2D eigenvalue weighted by Gasteiger charge is 2.25. The zero-order chi connectivity index (χ0) is 14.1. The second-order valence-corrected chi connectivity index (χ2v) is 5.38. The lowest BCUT2D eigenvalue weighted by molar-refractivity contribution is 0.300. The van der Waals surface area contributed by atoms with E-state index in [1.165, 1.54) is 11.1 Å². The van der Waals surface area contributed by atoms with Crippen molar-refractivity contribution in [2.75, 3.05) is 6.61 Å². The quantitative estimate of drug-likeness (QED) is 0.896. The molecule has 0 aromatic heterocycles. The summed E-state index contributed by atoms with van der Waals surface area (Å²) in [6.07, 6.45) is 0. The predicted molar refractivity (Wildman–Crippen MR) is 79.1 cm³/mol. The van der Waals surface area contributed by atoms with Crippen LogP contribution in [0.2, 0.25) is 0 Å². The minimum absolute atomic E-state index is 0.168. The molecule has 0 saturated heterocycles. The van der Waals surface area contributed by atoms with Crippen molar-refractivity contribution in [2.24, 2.45) is 0 Å². The maximum atomic E-state index is 9.47. The minimum Gasteiger partial charge on any atom is -0.508 e. The molecule has 3 rings (SSSR count). The van der Waals surface area contributed by atoms with E-state index >= 15 is 0 Å². The molecule has 1 heterocycles. The van der Waals surface area contributed by atoms with Crippen LogP contribution in [0.5, 0.6) is 11.5 Å².